The highest BCUT2D eigenvalue weighted by Crippen LogP contribution is 2.29. The van der Waals surface area contributed by atoms with Crippen molar-refractivity contribution in [2.75, 3.05) is 19.8 Å². The zero-order chi connectivity index (χ0) is 18.6. The van der Waals surface area contributed by atoms with Crippen LogP contribution in [-0.2, 0) is 10.9 Å². The maximum absolute atomic E-state index is 12.8. The first-order valence-electron chi connectivity index (χ1n) is 8.44. The predicted octanol–water partition coefficient (Wildman–Crippen LogP) is 3.92. The molecule has 26 heavy (non-hydrogen) atoms. The van der Waals surface area contributed by atoms with Gasteiger partial charge in [-0.1, -0.05) is 18.2 Å². The van der Waals surface area contributed by atoms with Gasteiger partial charge in [0.2, 0.25) is 0 Å². The highest BCUT2D eigenvalue weighted by Gasteiger charge is 2.32. The number of aromatic nitrogens is 1. The van der Waals surface area contributed by atoms with Gasteiger partial charge in [-0.05, 0) is 43.0 Å². The fraction of sp³-hybridized carbons (Fsp3) is 0.368. The first kappa shape index (κ1) is 18.4. The molecule has 2 aromatic rings. The van der Waals surface area contributed by atoms with Crippen molar-refractivity contribution in [3.05, 3.63) is 53.7 Å². The minimum atomic E-state index is -4.49. The Balaban J connectivity index is 1.61. The minimum absolute atomic E-state index is 0.201. The van der Waals surface area contributed by atoms with E-state index in [1.165, 1.54) is 12.1 Å². The van der Waals surface area contributed by atoms with Crippen LogP contribution in [-0.4, -0.2) is 30.6 Å². The third-order valence-electron chi connectivity index (χ3n) is 4.34. The lowest BCUT2D eigenvalue weighted by atomic mass is 10.0. The van der Waals surface area contributed by atoms with Gasteiger partial charge in [0.15, 0.2) is 0 Å². The molecular formula is C19H19F3N2O2. The lowest BCUT2D eigenvalue weighted by molar-refractivity contribution is -0.141. The second-order valence-electron chi connectivity index (χ2n) is 6.26. The summed E-state index contributed by atoms with van der Waals surface area (Å²) in [5, 5.41) is 2.86. The summed E-state index contributed by atoms with van der Waals surface area (Å²) in [5.41, 5.74) is 0.264. The molecule has 1 atom stereocenters. The van der Waals surface area contributed by atoms with Gasteiger partial charge in [-0.25, -0.2) is 4.98 Å². The fourth-order valence-corrected chi connectivity index (χ4v) is 2.85. The lowest BCUT2D eigenvalue weighted by Gasteiger charge is -2.10. The zero-order valence-corrected chi connectivity index (χ0v) is 14.1. The second-order valence-corrected chi connectivity index (χ2v) is 6.26. The van der Waals surface area contributed by atoms with E-state index in [0.717, 1.165) is 32.1 Å². The number of carbonyl (C=O) groups is 1. The van der Waals surface area contributed by atoms with E-state index in [9.17, 15) is 18.0 Å². The molecule has 1 aliphatic heterocycles. The summed E-state index contributed by atoms with van der Waals surface area (Å²) in [6.45, 7) is 2.10. The molecule has 0 spiro atoms. The summed E-state index contributed by atoms with van der Waals surface area (Å²) < 4.78 is 43.6. The van der Waals surface area contributed by atoms with Crippen LogP contribution in [0.15, 0.2) is 42.5 Å². The molecule has 1 aliphatic rings. The number of rotatable bonds is 5. The molecule has 0 unspecified atom stereocenters. The molecule has 0 radical (unpaired) electrons. The van der Waals surface area contributed by atoms with E-state index in [0.29, 0.717) is 23.6 Å². The highest BCUT2D eigenvalue weighted by molar-refractivity contribution is 5.94. The first-order valence-corrected chi connectivity index (χ1v) is 8.44. The Hall–Kier alpha value is -2.41. The lowest BCUT2D eigenvalue weighted by Crippen LogP contribution is -2.26. The van der Waals surface area contributed by atoms with Gasteiger partial charge in [-0.15, -0.1) is 0 Å². The largest absolute Gasteiger partial charge is 0.433 e. The van der Waals surface area contributed by atoms with Gasteiger partial charge in [0.25, 0.3) is 5.91 Å². The number of benzene rings is 1. The van der Waals surface area contributed by atoms with Crippen LogP contribution in [0.5, 0.6) is 0 Å². The molecule has 1 aromatic carbocycles. The average molecular weight is 364 g/mol. The highest BCUT2D eigenvalue weighted by atomic mass is 19.4. The van der Waals surface area contributed by atoms with Crippen LogP contribution in [0.25, 0.3) is 11.3 Å². The molecule has 4 nitrogen and oxygen atoms in total. The molecule has 0 saturated carbocycles. The van der Waals surface area contributed by atoms with Crippen molar-refractivity contribution in [3.8, 4) is 11.3 Å². The van der Waals surface area contributed by atoms with Crippen LogP contribution in [0.3, 0.4) is 0 Å². The summed E-state index contributed by atoms with van der Waals surface area (Å²) >= 11 is 0. The molecule has 1 fully saturated rings. The van der Waals surface area contributed by atoms with E-state index in [2.05, 4.69) is 10.3 Å². The number of amides is 1. The fourth-order valence-electron chi connectivity index (χ4n) is 2.85. The van der Waals surface area contributed by atoms with E-state index in [4.69, 9.17) is 4.74 Å². The van der Waals surface area contributed by atoms with Gasteiger partial charge in [0.05, 0.1) is 5.69 Å². The minimum Gasteiger partial charge on any atom is -0.381 e. The number of alkyl halides is 3. The molecule has 0 aliphatic carbocycles. The molecule has 1 saturated heterocycles. The second kappa shape index (κ2) is 7.86. The smallest absolute Gasteiger partial charge is 0.381 e. The van der Waals surface area contributed by atoms with Crippen molar-refractivity contribution in [1.29, 1.82) is 0 Å². The van der Waals surface area contributed by atoms with Crippen molar-refractivity contribution < 1.29 is 22.7 Å². The molecular weight excluding hydrogens is 345 g/mol. The van der Waals surface area contributed by atoms with E-state index in [1.54, 1.807) is 24.3 Å². The standard InChI is InChI=1S/C19H19F3N2O2/c20-19(21,22)17-3-1-2-16(24-17)14-4-6-15(7-5-14)18(25)23-10-8-13-9-11-26-12-13/h1-7,13H,8-12H2,(H,23,25)/t13-/m1/s1. The van der Waals surface area contributed by atoms with Crippen LogP contribution in [0, 0.1) is 5.92 Å². The Morgan fingerprint density at radius 1 is 1.19 bits per heavy atom. The SMILES string of the molecule is O=C(NCC[C@@H]1CCOC1)c1ccc(-c2cccc(C(F)(F)F)n2)cc1. The van der Waals surface area contributed by atoms with Gasteiger partial charge in [-0.3, -0.25) is 4.79 Å². The van der Waals surface area contributed by atoms with E-state index in [-0.39, 0.29) is 11.6 Å². The number of hydrogen-bond donors (Lipinski definition) is 1. The number of nitrogens with one attached hydrogen (secondary N) is 1. The van der Waals surface area contributed by atoms with Crippen molar-refractivity contribution in [2.45, 2.75) is 19.0 Å². The van der Waals surface area contributed by atoms with Crippen LogP contribution in [0.4, 0.5) is 13.2 Å². The molecule has 0 bridgehead atoms. The Kier molecular flexibility index (Phi) is 5.56. The first-order chi connectivity index (χ1) is 12.4. The molecule has 1 N–H and O–H groups in total. The number of ether oxygens (including phenoxy) is 1. The number of halogens is 3. The van der Waals surface area contributed by atoms with Gasteiger partial charge in [0, 0.05) is 30.9 Å². The summed E-state index contributed by atoms with van der Waals surface area (Å²) in [6.07, 6.45) is -2.59. The van der Waals surface area contributed by atoms with Gasteiger partial charge < -0.3 is 10.1 Å². The molecule has 2 heterocycles. The van der Waals surface area contributed by atoms with Crippen molar-refractivity contribution >= 4 is 5.91 Å². The Bertz CT molecular complexity index is 754. The quantitative estimate of drug-likeness (QED) is 0.875. The third kappa shape index (κ3) is 4.60. The Morgan fingerprint density at radius 2 is 1.96 bits per heavy atom. The number of nitrogens with zero attached hydrogens (tertiary/aromatic N) is 1. The molecule has 1 aromatic heterocycles. The third-order valence-corrected chi connectivity index (χ3v) is 4.34. The maximum Gasteiger partial charge on any atom is 0.433 e. The van der Waals surface area contributed by atoms with E-state index >= 15 is 0 Å². The maximum atomic E-state index is 12.8. The van der Waals surface area contributed by atoms with Gasteiger partial charge >= 0.3 is 6.18 Å². The number of carbonyl (C=O) groups excluding carboxylic acids is 1. The number of pyridine rings is 1. The summed E-state index contributed by atoms with van der Waals surface area (Å²) in [4.78, 5) is 15.8. The molecule has 1 amide bonds. The number of hydrogen-bond acceptors (Lipinski definition) is 3. The van der Waals surface area contributed by atoms with E-state index < -0.39 is 11.9 Å². The van der Waals surface area contributed by atoms with Crippen LogP contribution in [0.2, 0.25) is 0 Å². The zero-order valence-electron chi connectivity index (χ0n) is 14.1. The molecule has 3 rings (SSSR count). The van der Waals surface area contributed by atoms with E-state index in [1.807, 2.05) is 0 Å². The van der Waals surface area contributed by atoms with Crippen LogP contribution < -0.4 is 5.32 Å². The van der Waals surface area contributed by atoms with Crippen LogP contribution in [0.1, 0.15) is 28.9 Å². The van der Waals surface area contributed by atoms with Crippen molar-refractivity contribution in [2.24, 2.45) is 5.92 Å². The average Bonchev–Trinajstić information content (AvgIpc) is 3.15. The summed E-state index contributed by atoms with van der Waals surface area (Å²) in [5.74, 6) is 0.289. The molecule has 7 heteroatoms. The monoisotopic (exact) mass is 364 g/mol. The summed E-state index contributed by atoms with van der Waals surface area (Å²) in [6, 6.07) is 10.1. The predicted molar refractivity (Wildman–Crippen MR) is 90.6 cm³/mol. The topological polar surface area (TPSA) is 51.2 Å². The normalized spacial score (nSPS) is 17.3. The molecule has 138 valence electrons. The Morgan fingerprint density at radius 3 is 2.62 bits per heavy atom. The van der Waals surface area contributed by atoms with Gasteiger partial charge in [-0.2, -0.15) is 13.2 Å². The Labute approximate surface area is 149 Å². The summed E-state index contributed by atoms with van der Waals surface area (Å²) in [7, 11) is 0. The van der Waals surface area contributed by atoms with Crippen molar-refractivity contribution in [3.63, 3.8) is 0 Å². The van der Waals surface area contributed by atoms with Crippen molar-refractivity contribution in [1.82, 2.24) is 10.3 Å². The van der Waals surface area contributed by atoms with Gasteiger partial charge in [0.1, 0.15) is 5.69 Å². The van der Waals surface area contributed by atoms with Crippen LogP contribution >= 0.6 is 0 Å².